The number of ether oxygens (including phenoxy) is 1. The second kappa shape index (κ2) is 6.76. The highest BCUT2D eigenvalue weighted by molar-refractivity contribution is 7.91. The average Bonchev–Trinajstić information content (AvgIpc) is 2.45. The van der Waals surface area contributed by atoms with E-state index >= 15 is 0 Å². The Bertz CT molecular complexity index is 645. The van der Waals surface area contributed by atoms with Crippen LogP contribution in [0.1, 0.15) is 12.8 Å². The molecule has 118 valence electrons. The van der Waals surface area contributed by atoms with Crippen molar-refractivity contribution in [3.63, 3.8) is 0 Å². The quantitative estimate of drug-likeness (QED) is 0.844. The van der Waals surface area contributed by atoms with E-state index in [-0.39, 0.29) is 28.1 Å². The molecule has 0 radical (unpaired) electrons. The van der Waals surface area contributed by atoms with Gasteiger partial charge in [0.15, 0.2) is 0 Å². The summed E-state index contributed by atoms with van der Waals surface area (Å²) >= 11 is 6.06. The number of rotatable bonds is 5. The SMILES string of the molecule is COCCn1ncc(NC2CCS(=O)(=O)CC2)c(Cl)c1=O. The molecule has 1 aromatic heterocycles. The van der Waals surface area contributed by atoms with Crippen LogP contribution in [0, 0.1) is 0 Å². The van der Waals surface area contributed by atoms with Gasteiger partial charge >= 0.3 is 0 Å². The summed E-state index contributed by atoms with van der Waals surface area (Å²) in [4.78, 5) is 12.0. The molecule has 2 heterocycles. The molecule has 1 aliphatic rings. The number of methoxy groups -OCH3 is 1. The molecule has 21 heavy (non-hydrogen) atoms. The first-order valence-electron chi connectivity index (χ1n) is 6.64. The van der Waals surface area contributed by atoms with Crippen LogP contribution in [0.2, 0.25) is 5.02 Å². The van der Waals surface area contributed by atoms with Gasteiger partial charge in [-0.1, -0.05) is 11.6 Å². The molecule has 0 saturated carbocycles. The molecule has 0 bridgehead atoms. The summed E-state index contributed by atoms with van der Waals surface area (Å²) < 4.78 is 28.9. The van der Waals surface area contributed by atoms with E-state index in [0.717, 1.165) is 0 Å². The maximum atomic E-state index is 12.0. The highest BCUT2D eigenvalue weighted by atomic mass is 35.5. The first-order chi connectivity index (χ1) is 9.93. The Morgan fingerprint density at radius 3 is 2.76 bits per heavy atom. The topological polar surface area (TPSA) is 90.3 Å². The van der Waals surface area contributed by atoms with Crippen LogP contribution in [-0.4, -0.2) is 49.5 Å². The number of halogens is 1. The summed E-state index contributed by atoms with van der Waals surface area (Å²) in [7, 11) is -1.37. The van der Waals surface area contributed by atoms with Crippen molar-refractivity contribution in [1.29, 1.82) is 0 Å². The second-order valence-corrected chi connectivity index (χ2v) is 7.65. The minimum Gasteiger partial charge on any atom is -0.383 e. The number of hydrogen-bond acceptors (Lipinski definition) is 6. The van der Waals surface area contributed by atoms with Crippen molar-refractivity contribution in [1.82, 2.24) is 9.78 Å². The minimum atomic E-state index is -2.91. The van der Waals surface area contributed by atoms with Gasteiger partial charge in [0.1, 0.15) is 14.9 Å². The van der Waals surface area contributed by atoms with Crippen LogP contribution in [0.3, 0.4) is 0 Å². The third-order valence-electron chi connectivity index (χ3n) is 3.41. The molecule has 1 aliphatic heterocycles. The van der Waals surface area contributed by atoms with Crippen LogP contribution in [0.15, 0.2) is 11.0 Å². The first kappa shape index (κ1) is 16.3. The monoisotopic (exact) mass is 335 g/mol. The molecule has 1 saturated heterocycles. The highest BCUT2D eigenvalue weighted by Gasteiger charge is 2.24. The van der Waals surface area contributed by atoms with Crippen molar-refractivity contribution >= 4 is 27.1 Å². The van der Waals surface area contributed by atoms with Crippen molar-refractivity contribution in [3.05, 3.63) is 21.6 Å². The number of hydrogen-bond donors (Lipinski definition) is 1. The molecule has 1 N–H and O–H groups in total. The zero-order valence-electron chi connectivity index (χ0n) is 11.7. The fourth-order valence-electron chi connectivity index (χ4n) is 2.16. The molecular formula is C12H18ClN3O4S. The van der Waals surface area contributed by atoms with Gasteiger partial charge in [-0.15, -0.1) is 0 Å². The normalized spacial score (nSPS) is 18.6. The van der Waals surface area contributed by atoms with Gasteiger partial charge in [-0.2, -0.15) is 5.10 Å². The largest absolute Gasteiger partial charge is 0.383 e. The molecule has 7 nitrogen and oxygen atoms in total. The van der Waals surface area contributed by atoms with Crippen molar-refractivity contribution in [2.24, 2.45) is 0 Å². The molecule has 0 aliphatic carbocycles. The van der Waals surface area contributed by atoms with Gasteiger partial charge in [-0.05, 0) is 12.8 Å². The van der Waals surface area contributed by atoms with Crippen LogP contribution in [0.25, 0.3) is 0 Å². The lowest BCUT2D eigenvalue weighted by molar-refractivity contribution is 0.182. The molecular weight excluding hydrogens is 318 g/mol. The summed E-state index contributed by atoms with van der Waals surface area (Å²) in [6.45, 7) is 0.702. The van der Waals surface area contributed by atoms with Crippen LogP contribution >= 0.6 is 11.6 Å². The lowest BCUT2D eigenvalue weighted by Gasteiger charge is -2.24. The van der Waals surface area contributed by atoms with E-state index < -0.39 is 9.84 Å². The minimum absolute atomic E-state index is 0.0120. The van der Waals surface area contributed by atoms with Crippen LogP contribution in [-0.2, 0) is 21.1 Å². The fourth-order valence-corrected chi connectivity index (χ4v) is 3.85. The maximum absolute atomic E-state index is 12.0. The van der Waals surface area contributed by atoms with Gasteiger partial charge in [0.2, 0.25) is 0 Å². The Hall–Kier alpha value is -1.12. The number of sulfone groups is 1. The van der Waals surface area contributed by atoms with Crippen LogP contribution in [0.4, 0.5) is 5.69 Å². The standard InChI is InChI=1S/C12H18ClN3O4S/c1-20-5-4-16-12(17)11(13)10(8-14-16)15-9-2-6-21(18,19)7-3-9/h8-9,15H,2-7H2,1H3. The number of aromatic nitrogens is 2. The Morgan fingerprint density at radius 2 is 2.14 bits per heavy atom. The van der Waals surface area contributed by atoms with Gasteiger partial charge in [-0.3, -0.25) is 4.79 Å². The van der Waals surface area contributed by atoms with Crippen molar-refractivity contribution < 1.29 is 13.2 Å². The van der Waals surface area contributed by atoms with Crippen LogP contribution < -0.4 is 10.9 Å². The number of nitrogens with zero attached hydrogens (tertiary/aromatic N) is 2. The molecule has 0 atom stereocenters. The summed E-state index contributed by atoms with van der Waals surface area (Å²) in [6, 6.07) is -0.0120. The summed E-state index contributed by atoms with van der Waals surface area (Å²) in [5.41, 5.74) is 0.0572. The van der Waals surface area contributed by atoms with Gasteiger partial charge in [-0.25, -0.2) is 13.1 Å². The average molecular weight is 336 g/mol. The van der Waals surface area contributed by atoms with Crippen molar-refractivity contribution in [2.45, 2.75) is 25.4 Å². The van der Waals surface area contributed by atoms with E-state index in [4.69, 9.17) is 16.3 Å². The van der Waals surface area contributed by atoms with E-state index in [9.17, 15) is 13.2 Å². The summed E-state index contributed by atoms with van der Waals surface area (Å²) in [6.07, 6.45) is 2.50. The van der Waals surface area contributed by atoms with Gasteiger partial charge in [0, 0.05) is 13.2 Å². The number of nitrogens with one attached hydrogen (secondary N) is 1. The zero-order valence-corrected chi connectivity index (χ0v) is 13.3. The van der Waals surface area contributed by atoms with E-state index in [1.54, 1.807) is 7.11 Å². The Labute approximate surface area is 128 Å². The van der Waals surface area contributed by atoms with Crippen molar-refractivity contribution in [2.75, 3.05) is 30.5 Å². The van der Waals surface area contributed by atoms with E-state index in [2.05, 4.69) is 10.4 Å². The molecule has 9 heteroatoms. The van der Waals surface area contributed by atoms with Gasteiger partial charge in [0.05, 0.1) is 36.5 Å². The maximum Gasteiger partial charge on any atom is 0.287 e. The predicted octanol–water partition coefficient (Wildman–Crippen LogP) is 0.532. The highest BCUT2D eigenvalue weighted by Crippen LogP contribution is 2.21. The van der Waals surface area contributed by atoms with Crippen molar-refractivity contribution in [3.8, 4) is 0 Å². The Kier molecular flexibility index (Phi) is 5.23. The zero-order chi connectivity index (χ0) is 15.5. The molecule has 0 amide bonds. The van der Waals surface area contributed by atoms with E-state index in [0.29, 0.717) is 31.7 Å². The molecule has 0 spiro atoms. The first-order valence-corrected chi connectivity index (χ1v) is 8.84. The number of anilines is 1. The molecule has 0 aromatic carbocycles. The van der Waals surface area contributed by atoms with E-state index in [1.807, 2.05) is 0 Å². The Morgan fingerprint density at radius 1 is 1.48 bits per heavy atom. The van der Waals surface area contributed by atoms with Crippen LogP contribution in [0.5, 0.6) is 0 Å². The van der Waals surface area contributed by atoms with Gasteiger partial charge < -0.3 is 10.1 Å². The summed E-state index contributed by atoms with van der Waals surface area (Å²) in [5, 5.41) is 7.20. The van der Waals surface area contributed by atoms with E-state index in [1.165, 1.54) is 10.9 Å². The molecule has 0 unspecified atom stereocenters. The molecule has 2 rings (SSSR count). The lowest BCUT2D eigenvalue weighted by Crippen LogP contribution is -2.33. The lowest BCUT2D eigenvalue weighted by atomic mass is 10.1. The second-order valence-electron chi connectivity index (χ2n) is 4.96. The third kappa shape index (κ3) is 4.18. The molecule has 1 aromatic rings. The predicted molar refractivity (Wildman–Crippen MR) is 80.7 cm³/mol. The fraction of sp³-hybridized carbons (Fsp3) is 0.667. The third-order valence-corrected chi connectivity index (χ3v) is 5.49. The summed E-state index contributed by atoms with van der Waals surface area (Å²) in [5.74, 6) is 0.307. The smallest absolute Gasteiger partial charge is 0.287 e. The molecule has 1 fully saturated rings. The van der Waals surface area contributed by atoms with Gasteiger partial charge in [0.25, 0.3) is 5.56 Å². The Balaban J connectivity index is 2.08.